The number of unbranched alkanes of at least 4 members (excludes halogenated alkanes) is 6. The highest BCUT2D eigenvalue weighted by molar-refractivity contribution is 5.68. The molecule has 0 aliphatic carbocycles. The number of benzene rings is 1. The van der Waals surface area contributed by atoms with Gasteiger partial charge in [0.2, 0.25) is 0 Å². The van der Waals surface area contributed by atoms with E-state index in [4.69, 9.17) is 0 Å². The van der Waals surface area contributed by atoms with Gasteiger partial charge in [-0.25, -0.2) is 0 Å². The molecule has 124 valence electrons. The molecule has 22 heavy (non-hydrogen) atoms. The van der Waals surface area contributed by atoms with Crippen molar-refractivity contribution in [2.75, 3.05) is 7.11 Å². The summed E-state index contributed by atoms with van der Waals surface area (Å²) in [5.41, 5.74) is 2.93. The number of carbonyl (C=O) groups excluding carboxylic acids is 1. The molecule has 0 N–H and O–H groups in total. The molecule has 0 radical (unpaired) electrons. The highest BCUT2D eigenvalue weighted by atomic mass is 16.5. The van der Waals surface area contributed by atoms with Crippen molar-refractivity contribution >= 4 is 5.97 Å². The quantitative estimate of drug-likeness (QED) is 0.378. The van der Waals surface area contributed by atoms with Crippen molar-refractivity contribution < 1.29 is 9.53 Å². The van der Waals surface area contributed by atoms with E-state index in [0.29, 0.717) is 6.42 Å². The lowest BCUT2D eigenvalue weighted by atomic mass is 10.0. The summed E-state index contributed by atoms with van der Waals surface area (Å²) in [7, 11) is 1.46. The van der Waals surface area contributed by atoms with Crippen molar-refractivity contribution in [1.82, 2.24) is 0 Å². The number of esters is 1. The van der Waals surface area contributed by atoms with Crippen LogP contribution in [0.1, 0.15) is 75.8 Å². The number of methoxy groups -OCH3 is 1. The Kier molecular flexibility index (Phi) is 10.4. The zero-order chi connectivity index (χ0) is 16.0. The number of ether oxygens (including phenoxy) is 1. The van der Waals surface area contributed by atoms with Crippen LogP contribution >= 0.6 is 0 Å². The van der Waals surface area contributed by atoms with Crippen LogP contribution in [0.15, 0.2) is 24.3 Å². The first-order valence-corrected chi connectivity index (χ1v) is 8.91. The molecule has 0 saturated carbocycles. The van der Waals surface area contributed by atoms with Crippen molar-refractivity contribution in [2.45, 2.75) is 77.6 Å². The van der Waals surface area contributed by atoms with Gasteiger partial charge in [-0.05, 0) is 43.2 Å². The summed E-state index contributed by atoms with van der Waals surface area (Å²) in [5, 5.41) is 0. The summed E-state index contributed by atoms with van der Waals surface area (Å²) in [6, 6.07) is 9.16. The van der Waals surface area contributed by atoms with Gasteiger partial charge in [-0.15, -0.1) is 0 Å². The Morgan fingerprint density at radius 3 is 1.86 bits per heavy atom. The molecule has 1 aromatic rings. The van der Waals surface area contributed by atoms with Crippen LogP contribution in [0.3, 0.4) is 0 Å². The molecule has 0 spiro atoms. The van der Waals surface area contributed by atoms with Gasteiger partial charge < -0.3 is 4.74 Å². The molecular formula is C20H32O2. The summed E-state index contributed by atoms with van der Waals surface area (Å²) in [6.07, 6.45) is 12.7. The predicted octanol–water partition coefficient (Wildman–Crippen LogP) is 5.48. The number of carbonyl (C=O) groups is 1. The molecular weight excluding hydrogens is 272 g/mol. The first-order chi connectivity index (χ1) is 10.8. The smallest absolute Gasteiger partial charge is 0.305 e. The molecule has 1 aromatic carbocycles. The van der Waals surface area contributed by atoms with Crippen LogP contribution in [-0.4, -0.2) is 13.1 Å². The molecule has 0 bridgehead atoms. The van der Waals surface area contributed by atoms with E-state index >= 15 is 0 Å². The fourth-order valence-corrected chi connectivity index (χ4v) is 2.66. The van der Waals surface area contributed by atoms with Crippen LogP contribution in [-0.2, 0) is 22.4 Å². The van der Waals surface area contributed by atoms with E-state index in [2.05, 4.69) is 35.9 Å². The molecule has 0 atom stereocenters. The molecule has 0 fully saturated rings. The molecule has 0 amide bonds. The zero-order valence-electron chi connectivity index (χ0n) is 14.4. The average molecular weight is 304 g/mol. The van der Waals surface area contributed by atoms with Crippen molar-refractivity contribution in [3.63, 3.8) is 0 Å². The Bertz CT molecular complexity index is 395. The first-order valence-electron chi connectivity index (χ1n) is 8.91. The van der Waals surface area contributed by atoms with Crippen LogP contribution in [0.2, 0.25) is 0 Å². The topological polar surface area (TPSA) is 26.3 Å². The minimum Gasteiger partial charge on any atom is -0.469 e. The van der Waals surface area contributed by atoms with Gasteiger partial charge in [-0.1, -0.05) is 63.3 Å². The Morgan fingerprint density at radius 1 is 0.818 bits per heavy atom. The molecule has 2 nitrogen and oxygen atoms in total. The normalized spacial score (nSPS) is 10.6. The van der Waals surface area contributed by atoms with Gasteiger partial charge in [-0.2, -0.15) is 0 Å². The van der Waals surface area contributed by atoms with Crippen LogP contribution in [0.5, 0.6) is 0 Å². The van der Waals surface area contributed by atoms with Crippen LogP contribution in [0, 0.1) is 0 Å². The summed E-state index contributed by atoms with van der Waals surface area (Å²) >= 11 is 0. The Labute approximate surface area is 136 Å². The predicted molar refractivity (Wildman–Crippen MR) is 93.1 cm³/mol. The maximum absolute atomic E-state index is 11.0. The monoisotopic (exact) mass is 304 g/mol. The molecule has 0 saturated heterocycles. The minimum atomic E-state index is -0.0811. The number of aryl methyl sites for hydroxylation is 2. The molecule has 0 unspecified atom stereocenters. The van der Waals surface area contributed by atoms with Crippen LogP contribution < -0.4 is 0 Å². The van der Waals surface area contributed by atoms with Crippen molar-refractivity contribution in [2.24, 2.45) is 0 Å². The van der Waals surface area contributed by atoms with Crippen molar-refractivity contribution in [3.05, 3.63) is 35.4 Å². The fraction of sp³-hybridized carbons (Fsp3) is 0.650. The van der Waals surface area contributed by atoms with E-state index in [0.717, 1.165) is 12.8 Å². The van der Waals surface area contributed by atoms with Crippen LogP contribution in [0.4, 0.5) is 0 Å². The average Bonchev–Trinajstić information content (AvgIpc) is 2.56. The molecule has 0 aliphatic rings. The third-order valence-electron chi connectivity index (χ3n) is 4.17. The van der Waals surface area contributed by atoms with E-state index in [1.165, 1.54) is 69.6 Å². The summed E-state index contributed by atoms with van der Waals surface area (Å²) in [6.45, 7) is 2.24. The van der Waals surface area contributed by atoms with E-state index in [1.807, 2.05) is 0 Å². The SMILES string of the molecule is CCCCc1ccc(CCCCCCCCC(=O)OC)cc1. The summed E-state index contributed by atoms with van der Waals surface area (Å²) in [4.78, 5) is 11.0. The second-order valence-corrected chi connectivity index (χ2v) is 6.12. The standard InChI is InChI=1S/C20H32O2/c1-3-4-11-18-14-16-19(17-15-18)12-9-7-5-6-8-10-13-20(21)22-2/h14-17H,3-13H2,1-2H3. The fourth-order valence-electron chi connectivity index (χ4n) is 2.66. The molecule has 1 rings (SSSR count). The molecule has 0 heterocycles. The van der Waals surface area contributed by atoms with Crippen LogP contribution in [0.25, 0.3) is 0 Å². The van der Waals surface area contributed by atoms with Gasteiger partial charge in [0, 0.05) is 6.42 Å². The van der Waals surface area contributed by atoms with Crippen molar-refractivity contribution in [3.8, 4) is 0 Å². The van der Waals surface area contributed by atoms with Gasteiger partial charge in [0.05, 0.1) is 7.11 Å². The second-order valence-electron chi connectivity index (χ2n) is 6.12. The lowest BCUT2D eigenvalue weighted by Crippen LogP contribution is -1.99. The Balaban J connectivity index is 2.01. The number of hydrogen-bond donors (Lipinski definition) is 0. The third-order valence-corrected chi connectivity index (χ3v) is 4.17. The van der Waals surface area contributed by atoms with E-state index < -0.39 is 0 Å². The maximum atomic E-state index is 11.0. The van der Waals surface area contributed by atoms with Gasteiger partial charge >= 0.3 is 5.97 Å². The lowest BCUT2D eigenvalue weighted by molar-refractivity contribution is -0.140. The number of rotatable bonds is 12. The summed E-state index contributed by atoms with van der Waals surface area (Å²) < 4.78 is 4.64. The van der Waals surface area contributed by atoms with Gasteiger partial charge in [0.25, 0.3) is 0 Å². The Hall–Kier alpha value is -1.31. The zero-order valence-corrected chi connectivity index (χ0v) is 14.4. The molecule has 2 heteroatoms. The van der Waals surface area contributed by atoms with Gasteiger partial charge in [0.1, 0.15) is 0 Å². The maximum Gasteiger partial charge on any atom is 0.305 e. The van der Waals surface area contributed by atoms with E-state index in [1.54, 1.807) is 0 Å². The Morgan fingerprint density at radius 2 is 1.32 bits per heavy atom. The van der Waals surface area contributed by atoms with E-state index in [9.17, 15) is 4.79 Å². The second kappa shape index (κ2) is 12.3. The first kappa shape index (κ1) is 18.7. The number of hydrogen-bond acceptors (Lipinski definition) is 2. The summed E-state index contributed by atoms with van der Waals surface area (Å²) in [5.74, 6) is -0.0811. The highest BCUT2D eigenvalue weighted by Crippen LogP contribution is 2.13. The molecule has 0 aliphatic heterocycles. The van der Waals surface area contributed by atoms with Gasteiger partial charge in [-0.3, -0.25) is 4.79 Å². The largest absolute Gasteiger partial charge is 0.469 e. The minimum absolute atomic E-state index is 0.0811. The lowest BCUT2D eigenvalue weighted by Gasteiger charge is -2.05. The third kappa shape index (κ3) is 8.86. The van der Waals surface area contributed by atoms with Gasteiger partial charge in [0.15, 0.2) is 0 Å². The highest BCUT2D eigenvalue weighted by Gasteiger charge is 1.99. The van der Waals surface area contributed by atoms with Crippen molar-refractivity contribution in [1.29, 1.82) is 0 Å². The van der Waals surface area contributed by atoms with E-state index in [-0.39, 0.29) is 5.97 Å². The molecule has 0 aromatic heterocycles.